The molecule has 2 aromatic rings. The van der Waals surface area contributed by atoms with Crippen LogP contribution in [0.2, 0.25) is 0 Å². The van der Waals surface area contributed by atoms with Gasteiger partial charge in [-0.25, -0.2) is 8.42 Å². The molecule has 5 nitrogen and oxygen atoms in total. The summed E-state index contributed by atoms with van der Waals surface area (Å²) in [5, 5.41) is 2.66. The lowest BCUT2D eigenvalue weighted by atomic mass is 10.1. The van der Waals surface area contributed by atoms with Gasteiger partial charge < -0.3 is 5.32 Å². The molecule has 6 heteroatoms. The highest BCUT2D eigenvalue weighted by molar-refractivity contribution is 7.92. The van der Waals surface area contributed by atoms with Gasteiger partial charge in [0.15, 0.2) is 0 Å². The van der Waals surface area contributed by atoms with Crippen LogP contribution in [0.5, 0.6) is 0 Å². The largest absolute Gasteiger partial charge is 0.326 e. The molecule has 0 atom stereocenters. The van der Waals surface area contributed by atoms with Gasteiger partial charge in [-0.1, -0.05) is 17.7 Å². The normalized spacial score (nSPS) is 11.2. The molecule has 0 aliphatic carbocycles. The van der Waals surface area contributed by atoms with Crippen molar-refractivity contribution in [3.05, 3.63) is 53.1 Å². The third-order valence-electron chi connectivity index (χ3n) is 3.77. The Kier molecular flexibility index (Phi) is 4.99. The Balaban J connectivity index is 2.41. The van der Waals surface area contributed by atoms with Crippen LogP contribution >= 0.6 is 0 Å². The molecule has 0 unspecified atom stereocenters. The van der Waals surface area contributed by atoms with Gasteiger partial charge >= 0.3 is 0 Å². The molecule has 0 saturated carbocycles. The van der Waals surface area contributed by atoms with Crippen molar-refractivity contribution in [3.8, 4) is 0 Å². The Morgan fingerprint density at radius 1 is 1.00 bits per heavy atom. The maximum Gasteiger partial charge on any atom is 0.264 e. The highest BCUT2D eigenvalue weighted by Gasteiger charge is 2.25. The fourth-order valence-electron chi connectivity index (χ4n) is 2.81. The molecule has 0 heterocycles. The standard InChI is InChI=1S/C18H22N2O3S/c1-12-10-13(2)18(14(3)11-12)24(22,23)20(5)17-8-6-16(7-9-17)19-15(4)21/h6-11H,1-5H3,(H,19,21). The van der Waals surface area contributed by atoms with Gasteiger partial charge in [-0.05, 0) is 56.2 Å². The van der Waals surface area contributed by atoms with E-state index in [0.717, 1.165) is 16.7 Å². The van der Waals surface area contributed by atoms with E-state index < -0.39 is 10.0 Å². The van der Waals surface area contributed by atoms with E-state index in [1.54, 1.807) is 38.1 Å². The Hall–Kier alpha value is -2.34. The first-order valence-electron chi connectivity index (χ1n) is 7.57. The second-order valence-corrected chi connectivity index (χ2v) is 7.83. The quantitative estimate of drug-likeness (QED) is 0.923. The molecule has 0 spiro atoms. The summed E-state index contributed by atoms with van der Waals surface area (Å²) in [5.41, 5.74) is 3.65. The number of carbonyl (C=O) groups is 1. The lowest BCUT2D eigenvalue weighted by Crippen LogP contribution is -2.28. The molecule has 0 fully saturated rings. The highest BCUT2D eigenvalue weighted by atomic mass is 32.2. The van der Waals surface area contributed by atoms with Crippen LogP contribution in [0.4, 0.5) is 11.4 Å². The zero-order chi connectivity index (χ0) is 18.1. The Morgan fingerprint density at radius 3 is 1.96 bits per heavy atom. The lowest BCUT2D eigenvalue weighted by molar-refractivity contribution is -0.114. The average molecular weight is 346 g/mol. The van der Waals surface area contributed by atoms with Crippen LogP contribution in [0.25, 0.3) is 0 Å². The van der Waals surface area contributed by atoms with Crippen LogP contribution in [0.3, 0.4) is 0 Å². The summed E-state index contributed by atoms with van der Waals surface area (Å²) < 4.78 is 27.3. The van der Waals surface area contributed by atoms with Crippen LogP contribution in [-0.2, 0) is 14.8 Å². The van der Waals surface area contributed by atoms with Gasteiger partial charge in [-0.2, -0.15) is 0 Å². The first-order valence-corrected chi connectivity index (χ1v) is 9.01. The SMILES string of the molecule is CC(=O)Nc1ccc(N(C)S(=O)(=O)c2c(C)cc(C)cc2C)cc1. The Labute approximate surface area is 143 Å². The summed E-state index contributed by atoms with van der Waals surface area (Å²) in [5.74, 6) is -0.172. The zero-order valence-electron chi connectivity index (χ0n) is 14.5. The molecular weight excluding hydrogens is 324 g/mol. The van der Waals surface area contributed by atoms with Gasteiger partial charge in [0.25, 0.3) is 10.0 Å². The predicted octanol–water partition coefficient (Wildman–Crippen LogP) is 3.40. The molecule has 0 aliphatic rings. The summed E-state index contributed by atoms with van der Waals surface area (Å²) in [6, 6.07) is 10.4. The number of rotatable bonds is 4. The van der Waals surface area contributed by atoms with Crippen LogP contribution < -0.4 is 9.62 Å². The second kappa shape index (κ2) is 6.65. The van der Waals surface area contributed by atoms with E-state index >= 15 is 0 Å². The molecule has 0 radical (unpaired) electrons. The summed E-state index contributed by atoms with van der Waals surface area (Å²) in [6.07, 6.45) is 0. The maximum atomic E-state index is 13.0. The number of nitrogens with one attached hydrogen (secondary N) is 1. The minimum Gasteiger partial charge on any atom is -0.326 e. The molecule has 2 rings (SSSR count). The highest BCUT2D eigenvalue weighted by Crippen LogP contribution is 2.28. The first kappa shape index (κ1) is 18.0. The zero-order valence-corrected chi connectivity index (χ0v) is 15.4. The van der Waals surface area contributed by atoms with E-state index in [4.69, 9.17) is 0 Å². The third kappa shape index (κ3) is 3.59. The van der Waals surface area contributed by atoms with Gasteiger partial charge in [0.1, 0.15) is 0 Å². The Morgan fingerprint density at radius 2 is 1.50 bits per heavy atom. The number of hydrogen-bond acceptors (Lipinski definition) is 3. The first-order chi connectivity index (χ1) is 11.1. The number of amides is 1. The molecule has 0 saturated heterocycles. The molecule has 0 aliphatic heterocycles. The van der Waals surface area contributed by atoms with E-state index in [1.807, 2.05) is 19.1 Å². The molecule has 1 N–H and O–H groups in total. The number of sulfonamides is 1. The summed E-state index contributed by atoms with van der Waals surface area (Å²) in [7, 11) is -2.13. The van der Waals surface area contributed by atoms with Crippen molar-refractivity contribution in [1.82, 2.24) is 0 Å². The van der Waals surface area contributed by atoms with E-state index in [-0.39, 0.29) is 5.91 Å². The van der Waals surface area contributed by atoms with Crippen molar-refractivity contribution in [2.45, 2.75) is 32.6 Å². The van der Waals surface area contributed by atoms with Gasteiger partial charge in [-0.15, -0.1) is 0 Å². The number of nitrogens with zero attached hydrogens (tertiary/aromatic N) is 1. The van der Waals surface area contributed by atoms with Crippen LogP contribution in [0.1, 0.15) is 23.6 Å². The second-order valence-electron chi connectivity index (χ2n) is 5.93. The Bertz CT molecular complexity index is 849. The van der Waals surface area contributed by atoms with Crippen molar-refractivity contribution in [2.75, 3.05) is 16.7 Å². The summed E-state index contributed by atoms with van der Waals surface area (Å²) in [4.78, 5) is 11.4. The number of carbonyl (C=O) groups excluding carboxylic acids is 1. The van der Waals surface area contributed by atoms with E-state index in [2.05, 4.69) is 5.32 Å². The van der Waals surface area contributed by atoms with Gasteiger partial charge in [-0.3, -0.25) is 9.10 Å². The molecule has 0 aromatic heterocycles. The van der Waals surface area contributed by atoms with Gasteiger partial charge in [0.2, 0.25) is 5.91 Å². The monoisotopic (exact) mass is 346 g/mol. The maximum absolute atomic E-state index is 13.0. The van der Waals surface area contributed by atoms with Crippen molar-refractivity contribution in [1.29, 1.82) is 0 Å². The van der Waals surface area contributed by atoms with Gasteiger partial charge in [0.05, 0.1) is 10.6 Å². The fourth-order valence-corrected chi connectivity index (χ4v) is 4.41. The summed E-state index contributed by atoms with van der Waals surface area (Å²) >= 11 is 0. The number of hydrogen-bond donors (Lipinski definition) is 1. The van der Waals surface area contributed by atoms with E-state index in [9.17, 15) is 13.2 Å². The minimum absolute atomic E-state index is 0.172. The molecule has 2 aromatic carbocycles. The van der Waals surface area contributed by atoms with Crippen LogP contribution in [-0.4, -0.2) is 21.4 Å². The number of aryl methyl sites for hydroxylation is 3. The number of anilines is 2. The lowest BCUT2D eigenvalue weighted by Gasteiger charge is -2.22. The van der Waals surface area contributed by atoms with Gasteiger partial charge in [0, 0.05) is 19.7 Å². The van der Waals surface area contributed by atoms with Crippen molar-refractivity contribution in [2.24, 2.45) is 0 Å². The third-order valence-corrected chi connectivity index (χ3v) is 5.87. The van der Waals surface area contributed by atoms with Crippen molar-refractivity contribution >= 4 is 27.3 Å². The van der Waals surface area contributed by atoms with Crippen LogP contribution in [0, 0.1) is 20.8 Å². The van der Waals surface area contributed by atoms with Crippen molar-refractivity contribution in [3.63, 3.8) is 0 Å². The summed E-state index contributed by atoms with van der Waals surface area (Å²) in [6.45, 7) is 6.98. The van der Waals surface area contributed by atoms with Crippen LogP contribution in [0.15, 0.2) is 41.3 Å². The fraction of sp³-hybridized carbons (Fsp3) is 0.278. The molecule has 128 valence electrons. The van der Waals surface area contributed by atoms with E-state index in [0.29, 0.717) is 16.3 Å². The molecule has 1 amide bonds. The van der Waals surface area contributed by atoms with E-state index in [1.165, 1.54) is 18.3 Å². The smallest absolute Gasteiger partial charge is 0.264 e. The molecular formula is C18H22N2O3S. The molecule has 0 bridgehead atoms. The average Bonchev–Trinajstić information content (AvgIpc) is 2.45. The predicted molar refractivity (Wildman–Crippen MR) is 97.0 cm³/mol. The topological polar surface area (TPSA) is 66.5 Å². The minimum atomic E-state index is -3.66. The van der Waals surface area contributed by atoms with Crippen molar-refractivity contribution < 1.29 is 13.2 Å². The molecule has 24 heavy (non-hydrogen) atoms. The number of benzene rings is 2.